The Hall–Kier alpha value is -1.36. The molecule has 0 aliphatic carbocycles. The summed E-state index contributed by atoms with van der Waals surface area (Å²) in [6.45, 7) is 5.94. The van der Waals surface area contributed by atoms with Crippen molar-refractivity contribution in [3.05, 3.63) is 11.9 Å². The van der Waals surface area contributed by atoms with Crippen LogP contribution in [0.1, 0.15) is 19.5 Å². The van der Waals surface area contributed by atoms with Crippen LogP contribution in [0.25, 0.3) is 0 Å². The first-order chi connectivity index (χ1) is 6.63. The molecule has 0 saturated heterocycles. The average molecular weight is 197 g/mol. The molecule has 0 unspecified atom stereocenters. The highest BCUT2D eigenvalue weighted by Crippen LogP contribution is 2.02. The quantitative estimate of drug-likeness (QED) is 0.759. The Balaban J connectivity index is 2.48. The summed E-state index contributed by atoms with van der Waals surface area (Å²) >= 11 is 0. The molecule has 0 radical (unpaired) electrons. The molecule has 1 aromatic heterocycles. The van der Waals surface area contributed by atoms with Crippen LogP contribution >= 0.6 is 0 Å². The van der Waals surface area contributed by atoms with E-state index in [1.165, 1.54) is 0 Å². The van der Waals surface area contributed by atoms with Gasteiger partial charge in [0.2, 0.25) is 5.95 Å². The van der Waals surface area contributed by atoms with Crippen LogP contribution < -0.4 is 5.32 Å². The fraction of sp³-hybridized carbons (Fsp3) is 0.556. The molecule has 5 nitrogen and oxygen atoms in total. The van der Waals surface area contributed by atoms with Gasteiger partial charge in [0.1, 0.15) is 6.10 Å². The molecule has 0 aromatic carbocycles. The van der Waals surface area contributed by atoms with Gasteiger partial charge in [0, 0.05) is 18.5 Å². The van der Waals surface area contributed by atoms with E-state index in [2.05, 4.69) is 15.3 Å². The van der Waals surface area contributed by atoms with Crippen LogP contribution in [0.2, 0.25) is 0 Å². The van der Waals surface area contributed by atoms with E-state index in [1.54, 1.807) is 13.1 Å². The van der Waals surface area contributed by atoms with Gasteiger partial charge in [0.15, 0.2) is 0 Å². The fourth-order valence-corrected chi connectivity index (χ4v) is 1.02. The maximum absolute atomic E-state index is 11.4. The summed E-state index contributed by atoms with van der Waals surface area (Å²) in [5, 5.41) is 2.62. The maximum Gasteiger partial charge on any atom is 0.255 e. The Morgan fingerprint density at radius 3 is 3.00 bits per heavy atom. The zero-order valence-electron chi connectivity index (χ0n) is 8.63. The number of hydrogen-bond acceptors (Lipinski definition) is 3. The standard InChI is InChI=1S/C9H15N3O2/c1-4-14-7(3)8(13)12-9-10-5-6(2)11-9/h5,7H,4H2,1-3H3,(H2,10,11,12,13)/t7-/m0/s1. The van der Waals surface area contributed by atoms with Crippen LogP contribution in [0.3, 0.4) is 0 Å². The lowest BCUT2D eigenvalue weighted by atomic mass is 10.4. The molecule has 5 heteroatoms. The van der Waals surface area contributed by atoms with E-state index in [1.807, 2.05) is 13.8 Å². The number of hydrogen-bond donors (Lipinski definition) is 2. The first kappa shape index (κ1) is 10.7. The molecule has 1 heterocycles. The largest absolute Gasteiger partial charge is 0.369 e. The van der Waals surface area contributed by atoms with Crippen molar-refractivity contribution in [3.63, 3.8) is 0 Å². The lowest BCUT2D eigenvalue weighted by Crippen LogP contribution is -2.28. The van der Waals surface area contributed by atoms with E-state index in [0.29, 0.717) is 12.6 Å². The van der Waals surface area contributed by atoms with Crippen molar-refractivity contribution in [2.75, 3.05) is 11.9 Å². The van der Waals surface area contributed by atoms with Crippen molar-refractivity contribution in [1.29, 1.82) is 0 Å². The van der Waals surface area contributed by atoms with Crippen molar-refractivity contribution >= 4 is 11.9 Å². The maximum atomic E-state index is 11.4. The molecule has 14 heavy (non-hydrogen) atoms. The first-order valence-corrected chi connectivity index (χ1v) is 4.57. The predicted octanol–water partition coefficient (Wildman–Crippen LogP) is 1.08. The minimum Gasteiger partial charge on any atom is -0.369 e. The number of carbonyl (C=O) groups is 1. The number of carbonyl (C=O) groups excluding carboxylic acids is 1. The molecule has 78 valence electrons. The Kier molecular flexibility index (Phi) is 3.64. The van der Waals surface area contributed by atoms with Gasteiger partial charge in [-0.1, -0.05) is 0 Å². The number of imidazole rings is 1. The van der Waals surface area contributed by atoms with Crippen molar-refractivity contribution in [2.45, 2.75) is 26.9 Å². The van der Waals surface area contributed by atoms with E-state index < -0.39 is 6.10 Å². The van der Waals surface area contributed by atoms with Crippen LogP contribution in [0, 0.1) is 6.92 Å². The molecule has 1 aromatic rings. The van der Waals surface area contributed by atoms with E-state index in [-0.39, 0.29) is 5.91 Å². The molecule has 1 atom stereocenters. The lowest BCUT2D eigenvalue weighted by Gasteiger charge is -2.09. The molecule has 0 fully saturated rings. The molecule has 0 aliphatic heterocycles. The van der Waals surface area contributed by atoms with Crippen LogP contribution in [-0.2, 0) is 9.53 Å². The second-order valence-electron chi connectivity index (χ2n) is 3.00. The van der Waals surface area contributed by atoms with Gasteiger partial charge in [-0.25, -0.2) is 4.98 Å². The Bertz CT molecular complexity index is 309. The highest BCUT2D eigenvalue weighted by Gasteiger charge is 2.13. The third kappa shape index (κ3) is 2.85. The van der Waals surface area contributed by atoms with Gasteiger partial charge in [-0.2, -0.15) is 0 Å². The molecule has 1 amide bonds. The molecular weight excluding hydrogens is 182 g/mol. The minimum atomic E-state index is -0.453. The third-order valence-corrected chi connectivity index (χ3v) is 1.73. The molecule has 1 rings (SSSR count). The van der Waals surface area contributed by atoms with Gasteiger partial charge < -0.3 is 9.72 Å². The third-order valence-electron chi connectivity index (χ3n) is 1.73. The summed E-state index contributed by atoms with van der Waals surface area (Å²) in [5.74, 6) is 0.264. The summed E-state index contributed by atoms with van der Waals surface area (Å²) < 4.78 is 5.13. The van der Waals surface area contributed by atoms with Gasteiger partial charge in [-0.3, -0.25) is 10.1 Å². The van der Waals surface area contributed by atoms with E-state index >= 15 is 0 Å². The summed E-state index contributed by atoms with van der Waals surface area (Å²) in [4.78, 5) is 18.3. The van der Waals surface area contributed by atoms with Crippen LogP contribution in [-0.4, -0.2) is 28.6 Å². The first-order valence-electron chi connectivity index (χ1n) is 4.57. The van der Waals surface area contributed by atoms with Crippen molar-refractivity contribution in [1.82, 2.24) is 9.97 Å². The van der Waals surface area contributed by atoms with Crippen LogP contribution in [0.5, 0.6) is 0 Å². The summed E-state index contributed by atoms with van der Waals surface area (Å²) in [6, 6.07) is 0. The highest BCUT2D eigenvalue weighted by atomic mass is 16.5. The molecule has 0 saturated carbocycles. The number of aromatic nitrogens is 2. The molecule has 0 aliphatic rings. The second kappa shape index (κ2) is 4.76. The topological polar surface area (TPSA) is 67.0 Å². The van der Waals surface area contributed by atoms with Crippen molar-refractivity contribution in [3.8, 4) is 0 Å². The molecule has 2 N–H and O–H groups in total. The minimum absolute atomic E-state index is 0.193. The summed E-state index contributed by atoms with van der Waals surface area (Å²) in [6.07, 6.45) is 1.20. The van der Waals surface area contributed by atoms with Crippen LogP contribution in [0.4, 0.5) is 5.95 Å². The van der Waals surface area contributed by atoms with Gasteiger partial charge in [-0.05, 0) is 20.8 Å². The Labute approximate surface area is 82.9 Å². The number of nitrogens with zero attached hydrogens (tertiary/aromatic N) is 1. The lowest BCUT2D eigenvalue weighted by molar-refractivity contribution is -0.126. The number of amides is 1. The van der Waals surface area contributed by atoms with Gasteiger partial charge in [0.05, 0.1) is 0 Å². The van der Waals surface area contributed by atoms with Gasteiger partial charge in [0.25, 0.3) is 5.91 Å². The Morgan fingerprint density at radius 2 is 2.50 bits per heavy atom. The van der Waals surface area contributed by atoms with Crippen molar-refractivity contribution in [2.24, 2.45) is 0 Å². The number of nitrogens with one attached hydrogen (secondary N) is 2. The molecular formula is C9H15N3O2. The number of aromatic amines is 1. The smallest absolute Gasteiger partial charge is 0.255 e. The molecule has 0 spiro atoms. The average Bonchev–Trinajstić information content (AvgIpc) is 2.51. The molecule has 0 bridgehead atoms. The number of anilines is 1. The predicted molar refractivity (Wildman–Crippen MR) is 53.0 cm³/mol. The number of H-pyrrole nitrogens is 1. The van der Waals surface area contributed by atoms with Gasteiger partial charge in [-0.15, -0.1) is 0 Å². The number of ether oxygens (including phenoxy) is 1. The summed E-state index contributed by atoms with van der Waals surface area (Å²) in [5.41, 5.74) is 0.907. The SMILES string of the molecule is CCO[C@@H](C)C(=O)Nc1ncc(C)[nH]1. The number of aryl methyl sites for hydroxylation is 1. The van der Waals surface area contributed by atoms with E-state index in [0.717, 1.165) is 5.69 Å². The Morgan fingerprint density at radius 1 is 1.79 bits per heavy atom. The zero-order chi connectivity index (χ0) is 10.6. The van der Waals surface area contributed by atoms with E-state index in [9.17, 15) is 4.79 Å². The zero-order valence-corrected chi connectivity index (χ0v) is 8.63. The van der Waals surface area contributed by atoms with E-state index in [4.69, 9.17) is 4.74 Å². The normalized spacial score (nSPS) is 12.5. The van der Waals surface area contributed by atoms with Crippen molar-refractivity contribution < 1.29 is 9.53 Å². The van der Waals surface area contributed by atoms with Gasteiger partial charge >= 0.3 is 0 Å². The monoisotopic (exact) mass is 197 g/mol. The second-order valence-corrected chi connectivity index (χ2v) is 3.00. The highest BCUT2D eigenvalue weighted by molar-refractivity contribution is 5.92. The van der Waals surface area contributed by atoms with Crippen LogP contribution in [0.15, 0.2) is 6.20 Å². The number of rotatable bonds is 4. The fourth-order valence-electron chi connectivity index (χ4n) is 1.02. The summed E-state index contributed by atoms with van der Waals surface area (Å²) in [7, 11) is 0.